The lowest BCUT2D eigenvalue weighted by molar-refractivity contribution is -0.132. The summed E-state index contributed by atoms with van der Waals surface area (Å²) in [6.45, 7) is 6.29. The van der Waals surface area contributed by atoms with Crippen LogP contribution in [0.3, 0.4) is 0 Å². The molecule has 3 aromatic carbocycles. The molecule has 0 saturated carbocycles. The average Bonchev–Trinajstić information content (AvgIpc) is 3.26. The fourth-order valence-corrected chi connectivity index (χ4v) is 5.09. The van der Waals surface area contributed by atoms with Crippen LogP contribution in [0.2, 0.25) is 0 Å². The zero-order chi connectivity index (χ0) is 29.1. The number of aromatic nitrogens is 1. The lowest BCUT2D eigenvalue weighted by atomic mass is 9.92. The van der Waals surface area contributed by atoms with Gasteiger partial charge in [-0.1, -0.05) is 50.2 Å². The number of Topliss-reactive ketones (excluding diaryl/α,β-unsaturated/α-hetero) is 1. The zero-order valence-electron chi connectivity index (χ0n) is 23.5. The first kappa shape index (κ1) is 27.6. The van der Waals surface area contributed by atoms with E-state index in [1.807, 2.05) is 63.2 Å². The predicted molar refractivity (Wildman–Crippen MR) is 158 cm³/mol. The number of benzene rings is 3. The van der Waals surface area contributed by atoms with Crippen LogP contribution in [-0.2, 0) is 16.2 Å². The number of nitrogens with zero attached hydrogens (tertiary/aromatic N) is 2. The van der Waals surface area contributed by atoms with Crippen molar-refractivity contribution < 1.29 is 24.2 Å². The highest BCUT2D eigenvalue weighted by Gasteiger charge is 2.47. The maximum Gasteiger partial charge on any atom is 0.300 e. The number of aliphatic hydroxyl groups excluding tert-OH is 1. The number of amides is 1. The number of ether oxygens (including phenoxy) is 2. The summed E-state index contributed by atoms with van der Waals surface area (Å²) in [6, 6.07) is 24.8. The molecule has 0 aliphatic carbocycles. The predicted octanol–water partition coefficient (Wildman–Crippen LogP) is 6.73. The van der Waals surface area contributed by atoms with E-state index in [-0.39, 0.29) is 17.3 Å². The number of carbonyl (C=O) groups excluding carboxylic acids is 2. The molecule has 1 fully saturated rings. The number of carbonyl (C=O) groups is 2. The van der Waals surface area contributed by atoms with Crippen molar-refractivity contribution in [2.75, 3.05) is 12.0 Å². The van der Waals surface area contributed by atoms with Crippen LogP contribution in [0.5, 0.6) is 11.5 Å². The van der Waals surface area contributed by atoms with E-state index in [1.165, 1.54) is 4.90 Å². The molecular formula is C34H32N2O5. The van der Waals surface area contributed by atoms with E-state index in [0.717, 1.165) is 16.7 Å². The highest BCUT2D eigenvalue weighted by molar-refractivity contribution is 6.51. The Kier molecular flexibility index (Phi) is 7.88. The summed E-state index contributed by atoms with van der Waals surface area (Å²) in [5.74, 6) is -0.330. The molecule has 1 aliphatic rings. The molecule has 1 atom stereocenters. The van der Waals surface area contributed by atoms with E-state index >= 15 is 0 Å². The summed E-state index contributed by atoms with van der Waals surface area (Å²) in [5.41, 5.74) is 4.05. The molecule has 7 nitrogen and oxygen atoms in total. The van der Waals surface area contributed by atoms with Crippen molar-refractivity contribution in [1.82, 2.24) is 4.98 Å². The van der Waals surface area contributed by atoms with Gasteiger partial charge in [0.15, 0.2) is 0 Å². The topological polar surface area (TPSA) is 89.0 Å². The van der Waals surface area contributed by atoms with E-state index in [0.29, 0.717) is 35.1 Å². The van der Waals surface area contributed by atoms with Crippen LogP contribution in [0.4, 0.5) is 5.69 Å². The quantitative estimate of drug-likeness (QED) is 0.149. The van der Waals surface area contributed by atoms with E-state index in [2.05, 4.69) is 4.98 Å². The van der Waals surface area contributed by atoms with Gasteiger partial charge in [0.1, 0.15) is 29.9 Å². The van der Waals surface area contributed by atoms with Crippen LogP contribution >= 0.6 is 0 Å². The number of pyridine rings is 1. The standard InChI is InChI=1S/C34H32N2O5/c1-21(2)26-19-27(22(3)18-29(26)40-4)32(37)30-31(28-12-8-9-17-35-28)36(34(39)33(30)38)24-13-15-25(16-14-24)41-20-23-10-6-5-7-11-23/h5-19,21,31,37H,20H2,1-4H3/b32-30+. The van der Waals surface area contributed by atoms with Gasteiger partial charge in [0.05, 0.1) is 18.4 Å². The Bertz CT molecular complexity index is 1600. The SMILES string of the molecule is COc1cc(C)c(/C(O)=C2\C(=O)C(=O)N(c3ccc(OCc4ccccc4)cc3)C2c2ccccn2)cc1C(C)C. The number of aryl methyl sites for hydroxylation is 1. The molecule has 1 saturated heterocycles. The first-order chi connectivity index (χ1) is 19.8. The Morgan fingerprint density at radius 2 is 1.68 bits per heavy atom. The highest BCUT2D eigenvalue weighted by atomic mass is 16.5. The Labute approximate surface area is 239 Å². The van der Waals surface area contributed by atoms with Gasteiger partial charge in [-0.2, -0.15) is 0 Å². The maximum atomic E-state index is 13.6. The van der Waals surface area contributed by atoms with Gasteiger partial charge in [-0.3, -0.25) is 19.5 Å². The van der Waals surface area contributed by atoms with Crippen molar-refractivity contribution in [2.45, 2.75) is 39.3 Å². The minimum Gasteiger partial charge on any atom is -0.507 e. The number of hydrogen-bond acceptors (Lipinski definition) is 6. The van der Waals surface area contributed by atoms with Gasteiger partial charge in [-0.15, -0.1) is 0 Å². The van der Waals surface area contributed by atoms with Crippen LogP contribution in [0.1, 0.15) is 53.8 Å². The first-order valence-electron chi connectivity index (χ1n) is 13.5. The van der Waals surface area contributed by atoms with Gasteiger partial charge in [-0.05, 0) is 78.1 Å². The molecule has 1 amide bonds. The second-order valence-electron chi connectivity index (χ2n) is 10.3. The van der Waals surface area contributed by atoms with Crippen LogP contribution in [0.15, 0.2) is 96.7 Å². The molecule has 4 aromatic rings. The van der Waals surface area contributed by atoms with E-state index in [9.17, 15) is 14.7 Å². The molecule has 0 bridgehead atoms. The summed E-state index contributed by atoms with van der Waals surface area (Å²) in [5, 5.41) is 11.7. The Morgan fingerprint density at radius 1 is 0.976 bits per heavy atom. The van der Waals surface area contributed by atoms with Gasteiger partial charge < -0.3 is 14.6 Å². The third kappa shape index (κ3) is 5.43. The third-order valence-corrected chi connectivity index (χ3v) is 7.23. The number of ketones is 1. The number of methoxy groups -OCH3 is 1. The largest absolute Gasteiger partial charge is 0.507 e. The monoisotopic (exact) mass is 548 g/mol. The average molecular weight is 549 g/mol. The second-order valence-corrected chi connectivity index (χ2v) is 10.3. The van der Waals surface area contributed by atoms with Crippen molar-refractivity contribution in [3.63, 3.8) is 0 Å². The molecule has 5 rings (SSSR count). The summed E-state index contributed by atoms with van der Waals surface area (Å²) in [7, 11) is 1.60. The van der Waals surface area contributed by atoms with Crippen molar-refractivity contribution in [3.8, 4) is 11.5 Å². The molecule has 41 heavy (non-hydrogen) atoms. The van der Waals surface area contributed by atoms with E-state index in [4.69, 9.17) is 9.47 Å². The Balaban J connectivity index is 1.57. The van der Waals surface area contributed by atoms with Crippen molar-refractivity contribution in [3.05, 3.63) is 125 Å². The molecular weight excluding hydrogens is 516 g/mol. The molecule has 0 radical (unpaired) electrons. The zero-order valence-corrected chi connectivity index (χ0v) is 23.5. The van der Waals surface area contributed by atoms with Crippen molar-refractivity contribution in [1.29, 1.82) is 0 Å². The molecule has 7 heteroatoms. The van der Waals surface area contributed by atoms with Gasteiger partial charge in [-0.25, -0.2) is 0 Å². The fourth-order valence-electron chi connectivity index (χ4n) is 5.09. The molecule has 0 spiro atoms. The van der Waals surface area contributed by atoms with Crippen molar-refractivity contribution >= 4 is 23.1 Å². The van der Waals surface area contributed by atoms with Crippen molar-refractivity contribution in [2.24, 2.45) is 0 Å². The summed E-state index contributed by atoms with van der Waals surface area (Å²) >= 11 is 0. The van der Waals surface area contributed by atoms with E-state index in [1.54, 1.807) is 55.8 Å². The third-order valence-electron chi connectivity index (χ3n) is 7.23. The van der Waals surface area contributed by atoms with Gasteiger partial charge in [0.2, 0.25) is 0 Å². The lowest BCUT2D eigenvalue weighted by Crippen LogP contribution is -2.29. The van der Waals surface area contributed by atoms with E-state index < -0.39 is 17.7 Å². The van der Waals surface area contributed by atoms with Crippen LogP contribution in [0.25, 0.3) is 5.76 Å². The summed E-state index contributed by atoms with van der Waals surface area (Å²) in [6.07, 6.45) is 1.60. The fraction of sp³-hybridized carbons (Fsp3) is 0.206. The normalized spacial score (nSPS) is 16.3. The minimum absolute atomic E-state index is 0.0129. The van der Waals surface area contributed by atoms with Crippen LogP contribution in [-0.4, -0.2) is 28.9 Å². The van der Waals surface area contributed by atoms with Gasteiger partial charge >= 0.3 is 0 Å². The summed E-state index contributed by atoms with van der Waals surface area (Å²) in [4.78, 5) is 33.0. The first-order valence-corrected chi connectivity index (χ1v) is 13.5. The molecule has 1 aliphatic heterocycles. The Hall–Kier alpha value is -4.91. The number of rotatable bonds is 8. The second kappa shape index (κ2) is 11.7. The summed E-state index contributed by atoms with van der Waals surface area (Å²) < 4.78 is 11.5. The molecule has 2 heterocycles. The smallest absolute Gasteiger partial charge is 0.300 e. The van der Waals surface area contributed by atoms with Gasteiger partial charge in [0, 0.05) is 17.4 Å². The minimum atomic E-state index is -0.920. The highest BCUT2D eigenvalue weighted by Crippen LogP contribution is 2.43. The maximum absolute atomic E-state index is 13.6. The molecule has 1 unspecified atom stereocenters. The van der Waals surface area contributed by atoms with Crippen LogP contribution in [0, 0.1) is 6.92 Å². The van der Waals surface area contributed by atoms with Gasteiger partial charge in [0.25, 0.3) is 11.7 Å². The lowest BCUT2D eigenvalue weighted by Gasteiger charge is -2.25. The molecule has 1 N–H and O–H groups in total. The number of hydrogen-bond donors (Lipinski definition) is 1. The van der Waals surface area contributed by atoms with Crippen LogP contribution < -0.4 is 14.4 Å². The number of aliphatic hydroxyl groups is 1. The number of anilines is 1. The molecule has 208 valence electrons. The Morgan fingerprint density at radius 3 is 2.32 bits per heavy atom. The molecule has 1 aromatic heterocycles.